The van der Waals surface area contributed by atoms with Crippen molar-refractivity contribution in [3.05, 3.63) is 133 Å². The minimum Gasteiger partial charge on any atom is -0.436 e. The Labute approximate surface area is 256 Å². The van der Waals surface area contributed by atoms with Crippen molar-refractivity contribution in [1.29, 1.82) is 0 Å². The van der Waals surface area contributed by atoms with Gasteiger partial charge in [-0.15, -0.1) is 11.3 Å². The molecule has 0 aliphatic heterocycles. The second-order valence-electron chi connectivity index (χ2n) is 10.7. The number of rotatable bonds is 4. The summed E-state index contributed by atoms with van der Waals surface area (Å²) in [5.74, 6) is 2.58. The average molecular weight is 583 g/mol. The van der Waals surface area contributed by atoms with Crippen LogP contribution in [0.15, 0.2) is 138 Å². The van der Waals surface area contributed by atoms with E-state index in [2.05, 4.69) is 66.7 Å². The highest BCUT2D eigenvalue weighted by Gasteiger charge is 2.16. The number of nitrogens with zero attached hydrogens (tertiary/aromatic N) is 4. The van der Waals surface area contributed by atoms with Crippen molar-refractivity contribution < 1.29 is 4.42 Å². The lowest BCUT2D eigenvalue weighted by atomic mass is 10.1. The summed E-state index contributed by atoms with van der Waals surface area (Å²) >= 11 is 1.73. The molecule has 0 saturated carbocycles. The van der Waals surface area contributed by atoms with Gasteiger partial charge < -0.3 is 4.42 Å². The summed E-state index contributed by atoms with van der Waals surface area (Å²) in [7, 11) is 0. The lowest BCUT2D eigenvalue weighted by Gasteiger charge is -2.08. The molecule has 5 nitrogen and oxygen atoms in total. The molecule has 0 radical (unpaired) electrons. The van der Waals surface area contributed by atoms with Crippen LogP contribution in [0.2, 0.25) is 0 Å². The first-order chi connectivity index (χ1) is 21.7. The van der Waals surface area contributed by atoms with Gasteiger partial charge in [-0.3, -0.25) is 0 Å². The normalized spacial score (nSPS) is 11.6. The predicted octanol–water partition coefficient (Wildman–Crippen LogP) is 10.2. The van der Waals surface area contributed by atoms with Crippen LogP contribution in [-0.4, -0.2) is 19.9 Å². The Balaban J connectivity index is 1.14. The van der Waals surface area contributed by atoms with E-state index in [1.165, 1.54) is 16.2 Å². The molecule has 6 heteroatoms. The quantitative estimate of drug-likeness (QED) is 0.207. The third kappa shape index (κ3) is 4.23. The monoisotopic (exact) mass is 582 g/mol. The molecule has 0 unspecified atom stereocenters. The van der Waals surface area contributed by atoms with Gasteiger partial charge in [0.2, 0.25) is 5.89 Å². The fraction of sp³-hybridized carbons (Fsp3) is 0. The van der Waals surface area contributed by atoms with E-state index >= 15 is 0 Å². The second kappa shape index (κ2) is 9.93. The summed E-state index contributed by atoms with van der Waals surface area (Å²) in [6, 6.07) is 45.4. The SMILES string of the molecule is c1ccc(-c2nc(-c3ccccc3)nc(-c3ccc4c(c3)sc3cc5oc(-c6ccc7ccccc7c6)nc5cc34)n2)cc1. The molecule has 206 valence electrons. The Hall–Kier alpha value is -5.72. The van der Waals surface area contributed by atoms with Crippen LogP contribution in [-0.2, 0) is 0 Å². The van der Waals surface area contributed by atoms with E-state index in [4.69, 9.17) is 24.4 Å². The third-order valence-electron chi connectivity index (χ3n) is 7.94. The number of hydrogen-bond donors (Lipinski definition) is 0. The fourth-order valence-electron chi connectivity index (χ4n) is 5.72. The molecular formula is C38H22N4OS. The lowest BCUT2D eigenvalue weighted by molar-refractivity contribution is 0.620. The molecule has 6 aromatic carbocycles. The Bertz CT molecular complexity index is 2440. The Morgan fingerprint density at radius 3 is 1.77 bits per heavy atom. The van der Waals surface area contributed by atoms with Gasteiger partial charge in [0.05, 0.1) is 0 Å². The lowest BCUT2D eigenvalue weighted by Crippen LogP contribution is -1.99. The highest BCUT2D eigenvalue weighted by molar-refractivity contribution is 7.25. The molecule has 3 aromatic heterocycles. The number of oxazole rings is 1. The van der Waals surface area contributed by atoms with Crippen molar-refractivity contribution in [2.75, 3.05) is 0 Å². The van der Waals surface area contributed by atoms with Crippen LogP contribution in [0.4, 0.5) is 0 Å². The summed E-state index contributed by atoms with van der Waals surface area (Å²) < 4.78 is 8.58. The molecule has 0 aliphatic carbocycles. The van der Waals surface area contributed by atoms with Crippen molar-refractivity contribution in [2.45, 2.75) is 0 Å². The molecule has 44 heavy (non-hydrogen) atoms. The maximum Gasteiger partial charge on any atom is 0.227 e. The molecule has 9 rings (SSSR count). The molecule has 9 aromatic rings. The summed E-state index contributed by atoms with van der Waals surface area (Å²) in [5.41, 5.74) is 5.46. The van der Waals surface area contributed by atoms with Crippen LogP contribution in [0.3, 0.4) is 0 Å². The largest absolute Gasteiger partial charge is 0.436 e. The van der Waals surface area contributed by atoms with E-state index in [1.807, 2.05) is 66.7 Å². The second-order valence-corrected chi connectivity index (χ2v) is 11.8. The smallest absolute Gasteiger partial charge is 0.227 e. The van der Waals surface area contributed by atoms with Crippen LogP contribution in [0.5, 0.6) is 0 Å². The van der Waals surface area contributed by atoms with Crippen LogP contribution < -0.4 is 0 Å². The summed E-state index contributed by atoms with van der Waals surface area (Å²) in [6.45, 7) is 0. The molecule has 0 saturated heterocycles. The zero-order valence-corrected chi connectivity index (χ0v) is 24.1. The van der Waals surface area contributed by atoms with Crippen molar-refractivity contribution in [2.24, 2.45) is 0 Å². The zero-order valence-electron chi connectivity index (χ0n) is 23.3. The number of fused-ring (bicyclic) bond motifs is 5. The van der Waals surface area contributed by atoms with Gasteiger partial charge in [0.25, 0.3) is 0 Å². The highest BCUT2D eigenvalue weighted by atomic mass is 32.1. The van der Waals surface area contributed by atoms with Gasteiger partial charge in [0.1, 0.15) is 5.52 Å². The molecular weight excluding hydrogens is 561 g/mol. The maximum absolute atomic E-state index is 6.28. The Morgan fingerprint density at radius 2 is 1.05 bits per heavy atom. The van der Waals surface area contributed by atoms with Gasteiger partial charge in [-0.25, -0.2) is 19.9 Å². The van der Waals surface area contributed by atoms with E-state index in [0.29, 0.717) is 23.4 Å². The van der Waals surface area contributed by atoms with Crippen molar-refractivity contribution in [3.63, 3.8) is 0 Å². The molecule has 0 aliphatic rings. The molecule has 0 N–H and O–H groups in total. The minimum atomic E-state index is 0.633. The van der Waals surface area contributed by atoms with Crippen molar-refractivity contribution in [1.82, 2.24) is 19.9 Å². The number of hydrogen-bond acceptors (Lipinski definition) is 6. The van der Waals surface area contributed by atoms with Crippen LogP contribution in [0, 0.1) is 0 Å². The van der Waals surface area contributed by atoms with Gasteiger partial charge >= 0.3 is 0 Å². The van der Waals surface area contributed by atoms with Crippen molar-refractivity contribution in [3.8, 4) is 45.6 Å². The summed E-state index contributed by atoms with van der Waals surface area (Å²) in [6.07, 6.45) is 0. The summed E-state index contributed by atoms with van der Waals surface area (Å²) in [4.78, 5) is 19.5. The summed E-state index contributed by atoms with van der Waals surface area (Å²) in [5, 5.41) is 4.70. The average Bonchev–Trinajstić information content (AvgIpc) is 3.67. The number of benzene rings is 6. The van der Waals surface area contributed by atoms with E-state index in [-0.39, 0.29) is 0 Å². The molecule has 0 fully saturated rings. The Kier molecular flexibility index (Phi) is 5.61. The van der Waals surface area contributed by atoms with E-state index < -0.39 is 0 Å². The molecule has 0 atom stereocenters. The zero-order chi connectivity index (χ0) is 29.0. The Morgan fingerprint density at radius 1 is 0.432 bits per heavy atom. The van der Waals surface area contributed by atoms with E-state index in [0.717, 1.165) is 48.1 Å². The molecule has 0 bridgehead atoms. The first kappa shape index (κ1) is 24.8. The van der Waals surface area contributed by atoms with Crippen molar-refractivity contribution >= 4 is 53.4 Å². The van der Waals surface area contributed by atoms with E-state index in [9.17, 15) is 0 Å². The molecule has 3 heterocycles. The van der Waals surface area contributed by atoms with Gasteiger partial charge in [0.15, 0.2) is 23.1 Å². The molecule has 0 amide bonds. The fourth-order valence-corrected chi connectivity index (χ4v) is 6.88. The molecule has 0 spiro atoms. The first-order valence-electron chi connectivity index (χ1n) is 14.4. The minimum absolute atomic E-state index is 0.633. The van der Waals surface area contributed by atoms with Gasteiger partial charge in [-0.2, -0.15) is 0 Å². The van der Waals surface area contributed by atoms with Crippen LogP contribution >= 0.6 is 11.3 Å². The van der Waals surface area contributed by atoms with Crippen LogP contribution in [0.1, 0.15) is 0 Å². The maximum atomic E-state index is 6.28. The standard InChI is InChI=1S/C38H22N4OS/c1-3-10-24(11-4-1)35-40-36(25-12-5-2-6-13-25)42-37(41-35)27-17-18-29-30-21-31-32(22-34(30)44-33(29)20-27)43-38(39-31)28-16-15-23-9-7-8-14-26(23)19-28/h1-22H. The first-order valence-corrected chi connectivity index (χ1v) is 15.2. The third-order valence-corrected chi connectivity index (χ3v) is 9.05. The van der Waals surface area contributed by atoms with Crippen LogP contribution in [0.25, 0.3) is 87.7 Å². The topological polar surface area (TPSA) is 64.7 Å². The number of thiophene rings is 1. The predicted molar refractivity (Wildman–Crippen MR) is 180 cm³/mol. The van der Waals surface area contributed by atoms with Gasteiger partial charge in [-0.05, 0) is 35.0 Å². The van der Waals surface area contributed by atoms with Gasteiger partial charge in [0, 0.05) is 48.5 Å². The van der Waals surface area contributed by atoms with Gasteiger partial charge in [-0.1, -0.05) is 103 Å². The van der Waals surface area contributed by atoms with E-state index in [1.54, 1.807) is 11.3 Å². The highest BCUT2D eigenvalue weighted by Crippen LogP contribution is 2.39. The number of aromatic nitrogens is 4.